The molecule has 1 unspecified atom stereocenters. The molecule has 150 valence electrons. The van der Waals surface area contributed by atoms with Crippen LogP contribution in [0, 0.1) is 10.1 Å². The van der Waals surface area contributed by atoms with Gasteiger partial charge in [-0.2, -0.15) is 4.31 Å². The van der Waals surface area contributed by atoms with Crippen LogP contribution in [0.5, 0.6) is 0 Å². The van der Waals surface area contributed by atoms with Gasteiger partial charge in [0.25, 0.3) is 5.69 Å². The minimum Gasteiger partial charge on any atom is -0.369 e. The normalized spacial score (nSPS) is 16.7. The largest absolute Gasteiger partial charge is 0.369 e. The molecule has 1 aliphatic heterocycles. The van der Waals surface area contributed by atoms with E-state index in [1.807, 2.05) is 17.0 Å². The Morgan fingerprint density at radius 1 is 1.00 bits per heavy atom. The van der Waals surface area contributed by atoms with Crippen molar-refractivity contribution in [1.29, 1.82) is 0 Å². The van der Waals surface area contributed by atoms with E-state index in [2.05, 4.69) is 13.8 Å². The summed E-state index contributed by atoms with van der Waals surface area (Å²) in [5.41, 5.74) is 2.05. The maximum absolute atomic E-state index is 12.9. The van der Waals surface area contributed by atoms with E-state index in [4.69, 9.17) is 0 Å². The lowest BCUT2D eigenvalue weighted by Gasteiger charge is -2.35. The van der Waals surface area contributed by atoms with Gasteiger partial charge >= 0.3 is 0 Å². The Kier molecular flexibility index (Phi) is 6.00. The summed E-state index contributed by atoms with van der Waals surface area (Å²) in [4.78, 5) is 12.7. The van der Waals surface area contributed by atoms with Crippen molar-refractivity contribution in [2.45, 2.75) is 31.1 Å². The first-order valence-electron chi connectivity index (χ1n) is 9.42. The molecule has 0 aromatic heterocycles. The first-order chi connectivity index (χ1) is 13.3. The molecule has 0 aliphatic carbocycles. The molecule has 0 spiro atoms. The number of hydrogen-bond acceptors (Lipinski definition) is 5. The van der Waals surface area contributed by atoms with Gasteiger partial charge < -0.3 is 4.90 Å². The molecule has 1 fully saturated rings. The van der Waals surface area contributed by atoms with Crippen LogP contribution in [0.15, 0.2) is 53.4 Å². The number of benzene rings is 2. The lowest BCUT2D eigenvalue weighted by Crippen LogP contribution is -2.48. The number of nitro benzene ring substituents is 1. The lowest BCUT2D eigenvalue weighted by atomic mass is 9.99. The second-order valence-corrected chi connectivity index (χ2v) is 8.98. The van der Waals surface area contributed by atoms with E-state index in [9.17, 15) is 18.5 Å². The highest BCUT2D eigenvalue weighted by atomic mass is 32.2. The van der Waals surface area contributed by atoms with Crippen molar-refractivity contribution < 1.29 is 13.3 Å². The number of nitrogens with zero attached hydrogens (tertiary/aromatic N) is 3. The van der Waals surface area contributed by atoms with E-state index < -0.39 is 14.9 Å². The molecule has 1 atom stereocenters. The van der Waals surface area contributed by atoms with E-state index in [-0.39, 0.29) is 5.69 Å². The highest BCUT2D eigenvalue weighted by Crippen LogP contribution is 2.25. The third kappa shape index (κ3) is 4.18. The number of hydrogen-bond donors (Lipinski definition) is 0. The molecule has 2 aromatic rings. The number of nitro groups is 1. The molecule has 0 amide bonds. The predicted molar refractivity (Wildman–Crippen MR) is 109 cm³/mol. The van der Waals surface area contributed by atoms with Crippen molar-refractivity contribution >= 4 is 21.4 Å². The predicted octanol–water partition coefficient (Wildman–Crippen LogP) is 3.62. The van der Waals surface area contributed by atoms with Crippen molar-refractivity contribution in [2.75, 3.05) is 31.1 Å². The first-order valence-corrected chi connectivity index (χ1v) is 10.9. The maximum atomic E-state index is 12.9. The van der Waals surface area contributed by atoms with Crippen LogP contribution in [0.3, 0.4) is 0 Å². The Hall–Kier alpha value is -2.45. The Bertz CT molecular complexity index is 919. The smallest absolute Gasteiger partial charge is 0.269 e. The van der Waals surface area contributed by atoms with Gasteiger partial charge in [-0.15, -0.1) is 0 Å². The van der Waals surface area contributed by atoms with Gasteiger partial charge in [-0.25, -0.2) is 8.42 Å². The number of non-ortho nitro benzene ring substituents is 1. The fourth-order valence-electron chi connectivity index (χ4n) is 3.32. The average Bonchev–Trinajstić information content (AvgIpc) is 2.73. The topological polar surface area (TPSA) is 83.8 Å². The van der Waals surface area contributed by atoms with Crippen molar-refractivity contribution in [3.05, 3.63) is 64.2 Å². The number of rotatable bonds is 6. The summed E-state index contributed by atoms with van der Waals surface area (Å²) in [6, 6.07) is 13.5. The summed E-state index contributed by atoms with van der Waals surface area (Å²) >= 11 is 0. The van der Waals surface area contributed by atoms with E-state index in [0.717, 1.165) is 17.7 Å². The summed E-state index contributed by atoms with van der Waals surface area (Å²) in [6.45, 7) is 6.09. The zero-order valence-electron chi connectivity index (χ0n) is 16.1. The van der Waals surface area contributed by atoms with Gasteiger partial charge in [0, 0.05) is 44.0 Å². The molecular weight excluding hydrogens is 378 g/mol. The monoisotopic (exact) mass is 403 g/mol. The Morgan fingerprint density at radius 2 is 1.57 bits per heavy atom. The van der Waals surface area contributed by atoms with E-state index >= 15 is 0 Å². The van der Waals surface area contributed by atoms with Crippen LogP contribution < -0.4 is 4.90 Å². The van der Waals surface area contributed by atoms with Gasteiger partial charge in [-0.05, 0) is 42.2 Å². The Balaban J connectivity index is 1.67. The quantitative estimate of drug-likeness (QED) is 0.543. The zero-order valence-corrected chi connectivity index (χ0v) is 16.9. The summed E-state index contributed by atoms with van der Waals surface area (Å²) in [5, 5.41) is 10.8. The minimum absolute atomic E-state index is 0.0470. The van der Waals surface area contributed by atoms with E-state index in [1.54, 1.807) is 24.3 Å². The van der Waals surface area contributed by atoms with Crippen LogP contribution in [0.1, 0.15) is 31.7 Å². The van der Waals surface area contributed by atoms with Crippen LogP contribution in [-0.4, -0.2) is 43.8 Å². The summed E-state index contributed by atoms with van der Waals surface area (Å²) in [5.74, 6) is 0.405. The van der Waals surface area contributed by atoms with Gasteiger partial charge in [-0.1, -0.05) is 26.0 Å². The average molecular weight is 404 g/mol. The molecule has 1 saturated heterocycles. The van der Waals surface area contributed by atoms with Gasteiger partial charge in [0.1, 0.15) is 0 Å². The maximum Gasteiger partial charge on any atom is 0.269 e. The van der Waals surface area contributed by atoms with Crippen LogP contribution in [-0.2, 0) is 10.0 Å². The third-order valence-electron chi connectivity index (χ3n) is 5.36. The molecule has 8 heteroatoms. The highest BCUT2D eigenvalue weighted by molar-refractivity contribution is 7.89. The van der Waals surface area contributed by atoms with E-state index in [0.29, 0.717) is 37.0 Å². The standard InChI is InChI=1S/C20H25N3O4S/c1-3-16(2)17-4-10-20(11-5-17)28(26,27)22-14-12-21(13-15-22)18-6-8-19(9-7-18)23(24)25/h4-11,16H,3,12-15H2,1-2H3. The summed E-state index contributed by atoms with van der Waals surface area (Å²) in [7, 11) is -3.52. The Labute approximate surface area is 165 Å². The molecule has 28 heavy (non-hydrogen) atoms. The molecule has 2 aromatic carbocycles. The second kappa shape index (κ2) is 8.28. The highest BCUT2D eigenvalue weighted by Gasteiger charge is 2.28. The summed E-state index contributed by atoms with van der Waals surface area (Å²) < 4.78 is 27.4. The molecular formula is C20H25N3O4S. The van der Waals surface area contributed by atoms with Crippen LogP contribution in [0.25, 0.3) is 0 Å². The van der Waals surface area contributed by atoms with Crippen LogP contribution in [0.2, 0.25) is 0 Å². The molecule has 7 nitrogen and oxygen atoms in total. The third-order valence-corrected chi connectivity index (χ3v) is 7.28. The van der Waals surface area contributed by atoms with Crippen LogP contribution in [0.4, 0.5) is 11.4 Å². The van der Waals surface area contributed by atoms with E-state index in [1.165, 1.54) is 16.4 Å². The minimum atomic E-state index is -3.52. The number of anilines is 1. The SMILES string of the molecule is CCC(C)c1ccc(S(=O)(=O)N2CCN(c3ccc([N+](=O)[O-])cc3)CC2)cc1. The van der Waals surface area contributed by atoms with Crippen molar-refractivity contribution in [1.82, 2.24) is 4.31 Å². The van der Waals surface area contributed by atoms with Gasteiger partial charge in [0.15, 0.2) is 0 Å². The molecule has 0 N–H and O–H groups in total. The Morgan fingerprint density at radius 3 is 2.07 bits per heavy atom. The fraction of sp³-hybridized carbons (Fsp3) is 0.400. The van der Waals surface area contributed by atoms with Crippen molar-refractivity contribution in [3.63, 3.8) is 0 Å². The number of piperazine rings is 1. The molecule has 1 heterocycles. The van der Waals surface area contributed by atoms with Crippen LogP contribution >= 0.6 is 0 Å². The first kappa shape index (κ1) is 20.3. The molecule has 1 aliphatic rings. The van der Waals surface area contributed by atoms with Gasteiger partial charge in [0.05, 0.1) is 9.82 Å². The lowest BCUT2D eigenvalue weighted by molar-refractivity contribution is -0.384. The molecule has 3 rings (SSSR count). The van der Waals surface area contributed by atoms with Gasteiger partial charge in [-0.3, -0.25) is 10.1 Å². The molecule has 0 bridgehead atoms. The molecule has 0 radical (unpaired) electrons. The fourth-order valence-corrected chi connectivity index (χ4v) is 4.75. The molecule has 0 saturated carbocycles. The van der Waals surface area contributed by atoms with Crippen molar-refractivity contribution in [2.24, 2.45) is 0 Å². The van der Waals surface area contributed by atoms with Crippen molar-refractivity contribution in [3.8, 4) is 0 Å². The second-order valence-electron chi connectivity index (χ2n) is 7.04. The summed E-state index contributed by atoms with van der Waals surface area (Å²) in [6.07, 6.45) is 1.01. The zero-order chi connectivity index (χ0) is 20.3. The number of sulfonamides is 1. The van der Waals surface area contributed by atoms with Gasteiger partial charge in [0.2, 0.25) is 10.0 Å².